The van der Waals surface area contributed by atoms with Crippen LogP contribution in [0, 0.1) is 5.82 Å². The standard InChI is InChI=1S/C16H8Cl2FN5/c17-10-6-9-12(7-11(10)19)20-15(18)14(16-21-23-24-22-16)13(9)8-4-2-1-3-5-8/h1-7H,(H,21,22,23,24). The zero-order valence-electron chi connectivity index (χ0n) is 12.0. The second-order valence-corrected chi connectivity index (χ2v) is 5.82. The highest BCUT2D eigenvalue weighted by molar-refractivity contribution is 6.34. The number of aromatic nitrogens is 5. The van der Waals surface area contributed by atoms with Gasteiger partial charge in [-0.3, -0.25) is 0 Å². The van der Waals surface area contributed by atoms with Gasteiger partial charge in [-0.05, 0) is 22.1 Å². The fourth-order valence-corrected chi connectivity index (χ4v) is 3.05. The van der Waals surface area contributed by atoms with Crippen LogP contribution in [0.3, 0.4) is 0 Å². The second kappa shape index (κ2) is 5.81. The van der Waals surface area contributed by atoms with E-state index in [1.54, 1.807) is 0 Å². The van der Waals surface area contributed by atoms with Crippen LogP contribution < -0.4 is 0 Å². The Morgan fingerprint density at radius 1 is 1.00 bits per heavy atom. The van der Waals surface area contributed by atoms with Crippen LogP contribution in [-0.4, -0.2) is 25.6 Å². The Morgan fingerprint density at radius 2 is 1.79 bits per heavy atom. The number of tetrazole rings is 1. The van der Waals surface area contributed by atoms with Crippen molar-refractivity contribution < 1.29 is 4.39 Å². The Labute approximate surface area is 145 Å². The molecule has 0 radical (unpaired) electrons. The van der Waals surface area contributed by atoms with Gasteiger partial charge in [0.1, 0.15) is 11.0 Å². The number of nitrogens with one attached hydrogen (secondary N) is 1. The van der Waals surface area contributed by atoms with Crippen molar-refractivity contribution in [3.63, 3.8) is 0 Å². The van der Waals surface area contributed by atoms with Crippen molar-refractivity contribution in [3.8, 4) is 22.5 Å². The molecule has 0 spiro atoms. The lowest BCUT2D eigenvalue weighted by Gasteiger charge is -2.13. The number of halogens is 3. The van der Waals surface area contributed by atoms with Crippen molar-refractivity contribution in [3.05, 3.63) is 58.5 Å². The number of aromatic amines is 1. The van der Waals surface area contributed by atoms with Crippen LogP contribution >= 0.6 is 23.2 Å². The molecule has 2 heterocycles. The maximum absolute atomic E-state index is 13.8. The molecule has 8 heteroatoms. The largest absolute Gasteiger partial charge is 0.239 e. The summed E-state index contributed by atoms with van der Waals surface area (Å²) in [4.78, 5) is 4.27. The maximum Gasteiger partial charge on any atom is 0.183 e. The van der Waals surface area contributed by atoms with E-state index in [1.807, 2.05) is 30.3 Å². The number of fused-ring (bicyclic) bond motifs is 1. The lowest BCUT2D eigenvalue weighted by molar-refractivity contribution is 0.630. The Kier molecular flexibility index (Phi) is 3.63. The molecule has 2 aromatic carbocycles. The molecule has 0 aliphatic carbocycles. The van der Waals surface area contributed by atoms with Crippen molar-refractivity contribution in [1.82, 2.24) is 25.6 Å². The van der Waals surface area contributed by atoms with Gasteiger partial charge in [-0.1, -0.05) is 53.5 Å². The topological polar surface area (TPSA) is 67.3 Å². The molecule has 4 aromatic rings. The Balaban J connectivity index is 2.18. The highest BCUT2D eigenvalue weighted by Gasteiger charge is 2.20. The lowest BCUT2D eigenvalue weighted by Crippen LogP contribution is -1.95. The van der Waals surface area contributed by atoms with Gasteiger partial charge in [-0.15, -0.1) is 5.10 Å². The first kappa shape index (κ1) is 15.0. The van der Waals surface area contributed by atoms with Crippen LogP contribution in [0.15, 0.2) is 42.5 Å². The fourth-order valence-electron chi connectivity index (χ4n) is 2.61. The monoisotopic (exact) mass is 359 g/mol. The van der Waals surface area contributed by atoms with Crippen LogP contribution in [0.5, 0.6) is 0 Å². The molecular formula is C16H8Cl2FN5. The van der Waals surface area contributed by atoms with Gasteiger partial charge in [0.2, 0.25) is 0 Å². The molecule has 0 bridgehead atoms. The number of hydrogen-bond donors (Lipinski definition) is 1. The zero-order valence-corrected chi connectivity index (χ0v) is 13.5. The number of rotatable bonds is 2. The fraction of sp³-hybridized carbons (Fsp3) is 0. The number of pyridine rings is 1. The summed E-state index contributed by atoms with van der Waals surface area (Å²) in [6.07, 6.45) is 0. The van der Waals surface area contributed by atoms with Crippen molar-refractivity contribution in [1.29, 1.82) is 0 Å². The molecular weight excluding hydrogens is 352 g/mol. The normalized spacial score (nSPS) is 11.1. The third-order valence-electron chi connectivity index (χ3n) is 3.63. The molecule has 0 unspecified atom stereocenters. The van der Waals surface area contributed by atoms with Gasteiger partial charge in [0.25, 0.3) is 0 Å². The summed E-state index contributed by atoms with van der Waals surface area (Å²) in [6.45, 7) is 0. The van der Waals surface area contributed by atoms with Gasteiger partial charge in [0.05, 0.1) is 16.1 Å². The van der Waals surface area contributed by atoms with Crippen LogP contribution in [0.2, 0.25) is 10.2 Å². The van der Waals surface area contributed by atoms with Gasteiger partial charge < -0.3 is 0 Å². The van der Waals surface area contributed by atoms with E-state index in [2.05, 4.69) is 25.6 Å². The predicted octanol–water partition coefficient (Wildman–Crippen LogP) is 4.53. The summed E-state index contributed by atoms with van der Waals surface area (Å²) < 4.78 is 13.8. The van der Waals surface area contributed by atoms with E-state index in [9.17, 15) is 4.39 Å². The highest BCUT2D eigenvalue weighted by atomic mass is 35.5. The number of H-pyrrole nitrogens is 1. The van der Waals surface area contributed by atoms with Crippen molar-refractivity contribution >= 4 is 34.1 Å². The van der Waals surface area contributed by atoms with E-state index >= 15 is 0 Å². The van der Waals surface area contributed by atoms with Crippen molar-refractivity contribution in [2.75, 3.05) is 0 Å². The summed E-state index contributed by atoms with van der Waals surface area (Å²) in [5.41, 5.74) is 2.52. The summed E-state index contributed by atoms with van der Waals surface area (Å²) >= 11 is 12.3. The zero-order chi connectivity index (χ0) is 16.7. The maximum atomic E-state index is 13.8. The summed E-state index contributed by atoms with van der Waals surface area (Å²) in [7, 11) is 0. The third kappa shape index (κ3) is 2.40. The molecule has 118 valence electrons. The van der Waals surface area contributed by atoms with E-state index in [1.165, 1.54) is 12.1 Å². The molecule has 0 fully saturated rings. The van der Waals surface area contributed by atoms with Gasteiger partial charge >= 0.3 is 0 Å². The van der Waals surface area contributed by atoms with Crippen LogP contribution in [0.4, 0.5) is 4.39 Å². The molecule has 0 saturated carbocycles. The lowest BCUT2D eigenvalue weighted by atomic mass is 9.96. The highest BCUT2D eigenvalue weighted by Crippen LogP contribution is 2.40. The van der Waals surface area contributed by atoms with Crippen molar-refractivity contribution in [2.24, 2.45) is 0 Å². The summed E-state index contributed by atoms with van der Waals surface area (Å²) in [5.74, 6) is -0.186. The van der Waals surface area contributed by atoms with Crippen LogP contribution in [0.1, 0.15) is 0 Å². The smallest absolute Gasteiger partial charge is 0.183 e. The van der Waals surface area contributed by atoms with Gasteiger partial charge in [0.15, 0.2) is 5.82 Å². The first-order valence-electron chi connectivity index (χ1n) is 6.93. The first-order chi connectivity index (χ1) is 11.6. The van der Waals surface area contributed by atoms with Gasteiger partial charge in [-0.2, -0.15) is 0 Å². The molecule has 0 atom stereocenters. The number of benzene rings is 2. The van der Waals surface area contributed by atoms with Crippen molar-refractivity contribution in [2.45, 2.75) is 0 Å². The molecule has 24 heavy (non-hydrogen) atoms. The first-order valence-corrected chi connectivity index (χ1v) is 7.68. The predicted molar refractivity (Wildman–Crippen MR) is 90.3 cm³/mol. The molecule has 5 nitrogen and oxygen atoms in total. The minimum Gasteiger partial charge on any atom is -0.239 e. The third-order valence-corrected chi connectivity index (χ3v) is 4.19. The van der Waals surface area contributed by atoms with E-state index in [4.69, 9.17) is 23.2 Å². The number of hydrogen-bond acceptors (Lipinski definition) is 4. The molecule has 0 aliphatic rings. The number of nitrogens with zero attached hydrogens (tertiary/aromatic N) is 4. The average molecular weight is 360 g/mol. The van der Waals surface area contributed by atoms with E-state index in [0.29, 0.717) is 22.3 Å². The Morgan fingerprint density at radius 3 is 2.50 bits per heavy atom. The minimum atomic E-state index is -0.555. The van der Waals surface area contributed by atoms with E-state index in [0.717, 1.165) is 11.1 Å². The molecule has 2 aromatic heterocycles. The SMILES string of the molecule is Fc1cc2nc(Cl)c(-c3nnn[nH]3)c(-c3ccccc3)c2cc1Cl. The second-order valence-electron chi connectivity index (χ2n) is 5.05. The molecule has 0 amide bonds. The Bertz CT molecular complexity index is 1040. The van der Waals surface area contributed by atoms with Gasteiger partial charge in [0, 0.05) is 17.0 Å². The average Bonchev–Trinajstić information content (AvgIpc) is 3.10. The van der Waals surface area contributed by atoms with E-state index < -0.39 is 5.82 Å². The molecule has 4 rings (SSSR count). The molecule has 0 aliphatic heterocycles. The quantitative estimate of drug-likeness (QED) is 0.534. The van der Waals surface area contributed by atoms with Gasteiger partial charge in [-0.25, -0.2) is 14.5 Å². The summed E-state index contributed by atoms with van der Waals surface area (Å²) in [5, 5.41) is 14.6. The molecule has 1 N–H and O–H groups in total. The minimum absolute atomic E-state index is 0.00504. The Hall–Kier alpha value is -2.57. The van der Waals surface area contributed by atoms with E-state index in [-0.39, 0.29) is 10.2 Å². The van der Waals surface area contributed by atoms with Crippen LogP contribution in [-0.2, 0) is 0 Å². The molecule has 0 saturated heterocycles. The van der Waals surface area contributed by atoms with Crippen LogP contribution in [0.25, 0.3) is 33.4 Å². The summed E-state index contributed by atoms with van der Waals surface area (Å²) in [6, 6.07) is 12.3.